The first kappa shape index (κ1) is 39.0. The summed E-state index contributed by atoms with van der Waals surface area (Å²) >= 11 is 0. The number of sulfonamides is 1. The number of aromatic nitrogens is 2. The lowest BCUT2D eigenvalue weighted by Crippen LogP contribution is -2.47. The molecule has 296 valence electrons. The van der Waals surface area contributed by atoms with Gasteiger partial charge in [0, 0.05) is 25.3 Å². The molecule has 2 aromatic carbocycles. The monoisotopic (exact) mass is 786 g/mol. The predicted molar refractivity (Wildman–Crippen MR) is 196 cm³/mol. The van der Waals surface area contributed by atoms with Crippen molar-refractivity contribution in [3.05, 3.63) is 71.6 Å². The van der Waals surface area contributed by atoms with E-state index < -0.39 is 73.4 Å². The van der Waals surface area contributed by atoms with Gasteiger partial charge in [0.1, 0.15) is 11.9 Å². The highest BCUT2D eigenvalue weighted by Crippen LogP contribution is 2.57. The van der Waals surface area contributed by atoms with Crippen LogP contribution in [0.3, 0.4) is 0 Å². The number of benzene rings is 2. The minimum absolute atomic E-state index is 0.0140. The summed E-state index contributed by atoms with van der Waals surface area (Å²) in [6, 6.07) is 8.98. The highest BCUT2D eigenvalue weighted by molar-refractivity contribution is 7.91. The summed E-state index contributed by atoms with van der Waals surface area (Å²) < 4.78 is 91.4. The smallest absolute Gasteiger partial charge is 0.416 e. The molecule has 1 N–H and O–H groups in total. The molecule has 1 saturated heterocycles. The highest BCUT2D eigenvalue weighted by atomic mass is 32.2. The second kappa shape index (κ2) is 14.7. The fraction of sp³-hybridized carbons (Fsp3) is 0.550. The Bertz CT molecular complexity index is 2130. The third-order valence-electron chi connectivity index (χ3n) is 11.9. The topological polar surface area (TPSA) is 128 Å². The maximum atomic E-state index is 14.7. The predicted octanol–water partition coefficient (Wildman–Crippen LogP) is 6.91. The van der Waals surface area contributed by atoms with Crippen molar-refractivity contribution in [3.8, 4) is 6.01 Å². The first-order valence-corrected chi connectivity index (χ1v) is 20.6. The number of allylic oxidation sites excluding steroid dienone is 2. The number of aryl methyl sites for hydroxylation is 1. The lowest BCUT2D eigenvalue weighted by atomic mass is 9.89. The number of halogens is 4. The van der Waals surface area contributed by atoms with Gasteiger partial charge in [0.15, 0.2) is 5.78 Å². The summed E-state index contributed by atoms with van der Waals surface area (Å²) in [5.74, 6) is -3.99. The van der Waals surface area contributed by atoms with Gasteiger partial charge in [0.2, 0.25) is 21.8 Å². The molecule has 2 saturated carbocycles. The number of amides is 2. The van der Waals surface area contributed by atoms with E-state index in [1.165, 1.54) is 4.90 Å². The maximum absolute atomic E-state index is 14.7. The maximum Gasteiger partial charge on any atom is 0.416 e. The van der Waals surface area contributed by atoms with E-state index in [1.54, 1.807) is 6.92 Å². The van der Waals surface area contributed by atoms with E-state index in [0.717, 1.165) is 24.1 Å². The number of ether oxygens (including phenoxy) is 1. The number of para-hydroxylation sites is 2. The molecule has 3 heterocycles. The lowest BCUT2D eigenvalue weighted by molar-refractivity contribution is -0.142. The summed E-state index contributed by atoms with van der Waals surface area (Å²) in [5.41, 5.74) is -0.932. The zero-order valence-electron chi connectivity index (χ0n) is 30.9. The van der Waals surface area contributed by atoms with Gasteiger partial charge in [0.05, 0.1) is 39.3 Å². The van der Waals surface area contributed by atoms with Crippen LogP contribution < -0.4 is 9.46 Å². The van der Waals surface area contributed by atoms with Gasteiger partial charge in [-0.25, -0.2) is 12.8 Å². The van der Waals surface area contributed by atoms with Crippen LogP contribution >= 0.6 is 0 Å². The standard InChI is InChI=1S/C40H46F4N4O6S/c1-3-47-32-14-10-9-13-31(32)45-37(47)54-30-21-33-34(49)23-39(36(51)46-55(52,53)38(2)15-16-38)22-27(39)12-8-6-4-5-7-11-26(35(50)48(33)24-30)17-25-18-28(40(42,43)44)20-29(41)19-25/h8-10,12-14,18-20,26-27,30,33H,3-7,11,15-17,21-24H2,1-2H3,(H,46,51)/b12-8-/t26-,27-,30-,33+,39-/m1/s1. The van der Waals surface area contributed by atoms with Gasteiger partial charge >= 0.3 is 6.18 Å². The fourth-order valence-corrected chi connectivity index (χ4v) is 9.57. The molecule has 0 radical (unpaired) electrons. The Morgan fingerprint density at radius 2 is 1.85 bits per heavy atom. The molecule has 55 heavy (non-hydrogen) atoms. The number of carbonyl (C=O) groups is 3. The third kappa shape index (κ3) is 7.90. The number of alkyl halides is 3. The Morgan fingerprint density at radius 3 is 2.58 bits per heavy atom. The Balaban J connectivity index is 1.22. The number of Topliss-reactive ketones (excluding diaryl/α,β-unsaturated/α-hetero) is 1. The first-order valence-electron chi connectivity index (χ1n) is 19.1. The van der Waals surface area contributed by atoms with Crippen LogP contribution in [-0.4, -0.2) is 63.9 Å². The van der Waals surface area contributed by atoms with Crippen molar-refractivity contribution in [2.75, 3.05) is 6.54 Å². The summed E-state index contributed by atoms with van der Waals surface area (Å²) in [4.78, 5) is 49.1. The SMILES string of the molecule is CCn1c(O[C@@H]2C[C@H]3C(=O)C[C@]4(C(=O)NS(=O)(=O)C5(C)CC5)C[C@H]4/C=C\CCCCC[C@H](Cc4cc(F)cc(C(F)(F)F)c4)C(=O)N3C2)nc2ccccc21. The van der Waals surface area contributed by atoms with Crippen LogP contribution in [0.4, 0.5) is 17.6 Å². The molecule has 1 aromatic heterocycles. The van der Waals surface area contributed by atoms with E-state index >= 15 is 0 Å². The Morgan fingerprint density at radius 1 is 1.09 bits per heavy atom. The van der Waals surface area contributed by atoms with Gasteiger partial charge in [-0.05, 0) is 101 Å². The van der Waals surface area contributed by atoms with Crippen LogP contribution in [0.2, 0.25) is 0 Å². The van der Waals surface area contributed by atoms with Crippen LogP contribution in [0.15, 0.2) is 54.6 Å². The van der Waals surface area contributed by atoms with Crippen LogP contribution in [0.5, 0.6) is 6.01 Å². The van der Waals surface area contributed by atoms with Crippen molar-refractivity contribution in [1.29, 1.82) is 0 Å². The van der Waals surface area contributed by atoms with E-state index in [2.05, 4.69) is 9.71 Å². The molecular weight excluding hydrogens is 741 g/mol. The molecular formula is C40H46F4N4O6S. The molecule has 0 spiro atoms. The van der Waals surface area contributed by atoms with Crippen molar-refractivity contribution < 1.29 is 45.1 Å². The van der Waals surface area contributed by atoms with Crippen molar-refractivity contribution in [1.82, 2.24) is 19.2 Å². The molecule has 2 aliphatic carbocycles. The van der Waals surface area contributed by atoms with Crippen LogP contribution in [-0.2, 0) is 43.5 Å². The Labute approximate surface area is 317 Å². The van der Waals surface area contributed by atoms with E-state index in [9.17, 15) is 40.4 Å². The number of ketones is 1. The van der Waals surface area contributed by atoms with Gasteiger partial charge < -0.3 is 9.64 Å². The molecule has 3 fully saturated rings. The average molecular weight is 787 g/mol. The van der Waals surface area contributed by atoms with E-state index in [0.29, 0.717) is 62.7 Å². The molecule has 2 aliphatic heterocycles. The Hall–Kier alpha value is -4.27. The van der Waals surface area contributed by atoms with Gasteiger partial charge in [-0.15, -0.1) is 0 Å². The second-order valence-corrected chi connectivity index (χ2v) is 18.1. The van der Waals surface area contributed by atoms with Gasteiger partial charge in [-0.1, -0.05) is 37.1 Å². The van der Waals surface area contributed by atoms with Gasteiger partial charge in [-0.3, -0.25) is 23.7 Å². The van der Waals surface area contributed by atoms with Crippen molar-refractivity contribution in [2.45, 2.75) is 114 Å². The molecule has 10 nitrogen and oxygen atoms in total. The van der Waals surface area contributed by atoms with Gasteiger partial charge in [0.25, 0.3) is 6.01 Å². The highest BCUT2D eigenvalue weighted by Gasteiger charge is 2.62. The second-order valence-electron chi connectivity index (χ2n) is 15.9. The van der Waals surface area contributed by atoms with Crippen molar-refractivity contribution >= 4 is 38.7 Å². The summed E-state index contributed by atoms with van der Waals surface area (Å²) in [7, 11) is -4.00. The van der Waals surface area contributed by atoms with Gasteiger partial charge in [-0.2, -0.15) is 18.2 Å². The zero-order valence-corrected chi connectivity index (χ0v) is 31.7. The van der Waals surface area contributed by atoms with E-state index in [-0.39, 0.29) is 43.7 Å². The number of nitrogens with one attached hydrogen (secondary N) is 1. The number of nitrogens with zero attached hydrogens (tertiary/aromatic N) is 3. The molecule has 4 aliphatic rings. The number of hydrogen-bond donors (Lipinski definition) is 1. The minimum atomic E-state index is -4.79. The number of imidazole rings is 1. The number of hydrogen-bond acceptors (Lipinski definition) is 7. The molecule has 2 amide bonds. The fourth-order valence-electron chi connectivity index (χ4n) is 8.23. The van der Waals surface area contributed by atoms with E-state index in [1.807, 2.05) is 47.9 Å². The third-order valence-corrected chi connectivity index (χ3v) is 14.1. The minimum Gasteiger partial charge on any atom is -0.459 e. The van der Waals surface area contributed by atoms with Crippen LogP contribution in [0.1, 0.15) is 89.2 Å². The summed E-state index contributed by atoms with van der Waals surface area (Å²) in [5, 5.41) is 0. The number of fused-ring (bicyclic) bond motifs is 3. The number of rotatable bonds is 8. The molecule has 0 bridgehead atoms. The molecule has 5 atom stereocenters. The normalized spacial score (nSPS) is 27.8. The van der Waals surface area contributed by atoms with Crippen LogP contribution in [0, 0.1) is 23.1 Å². The summed E-state index contributed by atoms with van der Waals surface area (Å²) in [6.45, 7) is 4.00. The summed E-state index contributed by atoms with van der Waals surface area (Å²) in [6.07, 6.45) is 1.89. The van der Waals surface area contributed by atoms with Crippen molar-refractivity contribution in [2.24, 2.45) is 17.3 Å². The molecule has 7 rings (SSSR count). The lowest BCUT2D eigenvalue weighted by Gasteiger charge is -2.29. The number of carbonyl (C=O) groups excluding carboxylic acids is 3. The van der Waals surface area contributed by atoms with E-state index in [4.69, 9.17) is 4.74 Å². The molecule has 3 aromatic rings. The first-order chi connectivity index (χ1) is 26.0. The van der Waals surface area contributed by atoms with Crippen molar-refractivity contribution in [3.63, 3.8) is 0 Å². The van der Waals surface area contributed by atoms with Crippen LogP contribution in [0.25, 0.3) is 11.0 Å². The quantitative estimate of drug-likeness (QED) is 0.194. The molecule has 0 unspecified atom stereocenters. The average Bonchev–Trinajstić information content (AvgIpc) is 3.95. The molecule has 15 heteroatoms. The largest absolute Gasteiger partial charge is 0.459 e. The Kier molecular flexibility index (Phi) is 10.4. The zero-order chi connectivity index (χ0) is 39.3.